The van der Waals surface area contributed by atoms with Crippen LogP contribution in [-0.2, 0) is 6.54 Å². The third-order valence-corrected chi connectivity index (χ3v) is 3.74. The summed E-state index contributed by atoms with van der Waals surface area (Å²) in [5.74, 6) is -0.525. The fraction of sp³-hybridized carbons (Fsp3) is 0.385. The molecule has 0 aliphatic carbocycles. The summed E-state index contributed by atoms with van der Waals surface area (Å²) in [6, 6.07) is 4.58. The van der Waals surface area contributed by atoms with Crippen molar-refractivity contribution in [1.29, 1.82) is 0 Å². The van der Waals surface area contributed by atoms with E-state index in [-0.39, 0.29) is 27.8 Å². The number of benzene rings is 1. The Bertz CT molecular complexity index is 679. The third kappa shape index (κ3) is 2.24. The molecule has 1 aliphatic rings. The van der Waals surface area contributed by atoms with Gasteiger partial charge in [-0.3, -0.25) is 9.36 Å². The van der Waals surface area contributed by atoms with Gasteiger partial charge in [-0.25, -0.2) is 9.37 Å². The lowest BCUT2D eigenvalue weighted by molar-refractivity contribution is 0.497. The molecule has 1 aromatic heterocycles. The zero-order valence-corrected chi connectivity index (χ0v) is 11.0. The average Bonchev–Trinajstić information content (AvgIpc) is 2.89. The Hall–Kier alpha value is -1.46. The largest absolute Gasteiger partial charge is 0.312 e. The molecule has 1 atom stereocenters. The molecule has 0 spiro atoms. The van der Waals surface area contributed by atoms with Crippen molar-refractivity contribution in [3.63, 3.8) is 0 Å². The van der Waals surface area contributed by atoms with Crippen molar-refractivity contribution in [1.82, 2.24) is 14.9 Å². The molecule has 0 radical (unpaired) electrons. The summed E-state index contributed by atoms with van der Waals surface area (Å²) in [7, 11) is 0. The maximum atomic E-state index is 13.6. The standard InChI is InChI=1S/C13H13ClFN3O/c14-13-17-11-9(4-1-5-10(11)15)12(19)18(13)7-8-3-2-6-16-8/h1,4-5,8,16H,2-3,6-7H2. The highest BCUT2D eigenvalue weighted by Gasteiger charge is 2.18. The molecule has 0 bridgehead atoms. The highest BCUT2D eigenvalue weighted by atomic mass is 35.5. The summed E-state index contributed by atoms with van der Waals surface area (Å²) in [5.41, 5.74) is -0.253. The monoisotopic (exact) mass is 281 g/mol. The lowest BCUT2D eigenvalue weighted by Gasteiger charge is -2.14. The van der Waals surface area contributed by atoms with Crippen molar-refractivity contribution >= 4 is 22.5 Å². The zero-order valence-electron chi connectivity index (χ0n) is 10.2. The normalized spacial score (nSPS) is 19.2. The van der Waals surface area contributed by atoms with Crippen LogP contribution >= 0.6 is 11.6 Å². The molecule has 2 heterocycles. The molecule has 1 fully saturated rings. The number of rotatable bonds is 2. The molecule has 6 heteroatoms. The smallest absolute Gasteiger partial charge is 0.262 e. The Labute approximate surface area is 114 Å². The van der Waals surface area contributed by atoms with Crippen LogP contribution in [0.25, 0.3) is 10.9 Å². The summed E-state index contributed by atoms with van der Waals surface area (Å²) >= 11 is 6.02. The quantitative estimate of drug-likeness (QED) is 0.856. The van der Waals surface area contributed by atoms with E-state index in [0.29, 0.717) is 6.54 Å². The summed E-state index contributed by atoms with van der Waals surface area (Å²) in [6.07, 6.45) is 2.09. The minimum absolute atomic E-state index is 0.0353. The molecular formula is C13H13ClFN3O. The zero-order chi connectivity index (χ0) is 13.4. The van der Waals surface area contributed by atoms with Crippen LogP contribution < -0.4 is 10.9 Å². The van der Waals surface area contributed by atoms with E-state index in [4.69, 9.17) is 11.6 Å². The van der Waals surface area contributed by atoms with Crippen molar-refractivity contribution < 1.29 is 4.39 Å². The predicted molar refractivity (Wildman–Crippen MR) is 72.0 cm³/mol. The first-order valence-corrected chi connectivity index (χ1v) is 6.62. The summed E-state index contributed by atoms with van der Waals surface area (Å²) in [4.78, 5) is 16.3. The van der Waals surface area contributed by atoms with E-state index < -0.39 is 5.82 Å². The molecule has 1 saturated heterocycles. The van der Waals surface area contributed by atoms with Crippen LogP contribution in [0, 0.1) is 5.82 Å². The van der Waals surface area contributed by atoms with Gasteiger partial charge in [0, 0.05) is 12.6 Å². The fourth-order valence-electron chi connectivity index (χ4n) is 2.47. The third-order valence-electron chi connectivity index (χ3n) is 3.45. The molecule has 1 aliphatic heterocycles. The number of aromatic nitrogens is 2. The summed E-state index contributed by atoms with van der Waals surface area (Å²) in [5, 5.41) is 3.60. The van der Waals surface area contributed by atoms with E-state index in [1.54, 1.807) is 6.07 Å². The lowest BCUT2D eigenvalue weighted by atomic mass is 10.2. The van der Waals surface area contributed by atoms with E-state index in [1.807, 2.05) is 0 Å². The maximum absolute atomic E-state index is 13.6. The van der Waals surface area contributed by atoms with Gasteiger partial charge in [0.05, 0.1) is 5.39 Å². The Morgan fingerprint density at radius 2 is 2.37 bits per heavy atom. The number of halogens is 2. The second kappa shape index (κ2) is 4.90. The summed E-state index contributed by atoms with van der Waals surface area (Å²) < 4.78 is 15.0. The van der Waals surface area contributed by atoms with E-state index in [1.165, 1.54) is 16.7 Å². The van der Waals surface area contributed by atoms with Gasteiger partial charge in [-0.05, 0) is 43.1 Å². The van der Waals surface area contributed by atoms with Gasteiger partial charge < -0.3 is 5.32 Å². The molecule has 0 amide bonds. The molecule has 3 rings (SSSR count). The van der Waals surface area contributed by atoms with Gasteiger partial charge in [0.2, 0.25) is 5.28 Å². The Balaban J connectivity index is 2.12. The predicted octanol–water partition coefficient (Wildman–Crippen LogP) is 1.94. The van der Waals surface area contributed by atoms with E-state index in [9.17, 15) is 9.18 Å². The van der Waals surface area contributed by atoms with Crippen molar-refractivity contribution in [3.8, 4) is 0 Å². The molecule has 19 heavy (non-hydrogen) atoms. The van der Waals surface area contributed by atoms with Crippen LogP contribution in [-0.4, -0.2) is 22.1 Å². The number of hydrogen-bond donors (Lipinski definition) is 1. The van der Waals surface area contributed by atoms with Gasteiger partial charge in [0.15, 0.2) is 0 Å². The highest BCUT2D eigenvalue weighted by Crippen LogP contribution is 2.16. The first-order chi connectivity index (χ1) is 9.16. The van der Waals surface area contributed by atoms with Crippen molar-refractivity contribution in [2.24, 2.45) is 0 Å². The molecule has 4 nitrogen and oxygen atoms in total. The number of para-hydroxylation sites is 1. The van der Waals surface area contributed by atoms with E-state index in [0.717, 1.165) is 19.4 Å². The van der Waals surface area contributed by atoms with E-state index >= 15 is 0 Å². The van der Waals surface area contributed by atoms with Gasteiger partial charge in [-0.2, -0.15) is 0 Å². The highest BCUT2D eigenvalue weighted by molar-refractivity contribution is 6.28. The van der Waals surface area contributed by atoms with Gasteiger partial charge in [0.25, 0.3) is 5.56 Å². The molecule has 1 unspecified atom stereocenters. The molecule has 0 saturated carbocycles. The molecule has 1 N–H and O–H groups in total. The van der Waals surface area contributed by atoms with Crippen LogP contribution in [0.15, 0.2) is 23.0 Å². The van der Waals surface area contributed by atoms with Gasteiger partial charge in [0.1, 0.15) is 11.3 Å². The number of hydrogen-bond acceptors (Lipinski definition) is 3. The summed E-state index contributed by atoms with van der Waals surface area (Å²) in [6.45, 7) is 1.42. The van der Waals surface area contributed by atoms with Crippen molar-refractivity contribution in [2.45, 2.75) is 25.4 Å². The number of fused-ring (bicyclic) bond motifs is 1. The lowest BCUT2D eigenvalue weighted by Crippen LogP contribution is -2.33. The maximum Gasteiger partial charge on any atom is 0.262 e. The molecule has 100 valence electrons. The molecule has 2 aromatic rings. The minimum Gasteiger partial charge on any atom is -0.312 e. The van der Waals surface area contributed by atoms with Gasteiger partial charge >= 0.3 is 0 Å². The molecular weight excluding hydrogens is 269 g/mol. The van der Waals surface area contributed by atoms with Gasteiger partial charge in [-0.1, -0.05) is 6.07 Å². The van der Waals surface area contributed by atoms with Gasteiger partial charge in [-0.15, -0.1) is 0 Å². The Kier molecular flexibility index (Phi) is 3.24. The van der Waals surface area contributed by atoms with Crippen LogP contribution in [0.3, 0.4) is 0 Å². The average molecular weight is 282 g/mol. The second-order valence-corrected chi connectivity index (χ2v) is 5.06. The van der Waals surface area contributed by atoms with Crippen molar-refractivity contribution in [2.75, 3.05) is 6.54 Å². The van der Waals surface area contributed by atoms with Crippen LogP contribution in [0.1, 0.15) is 12.8 Å². The molecule has 1 aromatic carbocycles. The minimum atomic E-state index is -0.525. The number of nitrogens with one attached hydrogen (secondary N) is 1. The van der Waals surface area contributed by atoms with Crippen LogP contribution in [0.4, 0.5) is 4.39 Å². The van der Waals surface area contributed by atoms with E-state index in [2.05, 4.69) is 10.3 Å². The van der Waals surface area contributed by atoms with Crippen LogP contribution in [0.5, 0.6) is 0 Å². The fourth-order valence-corrected chi connectivity index (χ4v) is 2.70. The van der Waals surface area contributed by atoms with Crippen molar-refractivity contribution in [3.05, 3.63) is 39.7 Å². The Morgan fingerprint density at radius 3 is 3.11 bits per heavy atom. The first kappa shape index (κ1) is 12.6. The number of nitrogens with zero attached hydrogens (tertiary/aromatic N) is 2. The van der Waals surface area contributed by atoms with Crippen LogP contribution in [0.2, 0.25) is 5.28 Å². The first-order valence-electron chi connectivity index (χ1n) is 6.25. The topological polar surface area (TPSA) is 46.9 Å². The SMILES string of the molecule is O=c1c2cccc(F)c2nc(Cl)n1CC1CCCN1. The second-order valence-electron chi connectivity index (χ2n) is 4.73. The Morgan fingerprint density at radius 1 is 1.53 bits per heavy atom.